The minimum absolute atomic E-state index is 0.0417. The molecule has 0 atom stereocenters. The number of nitrogens with zero attached hydrogens (tertiary/aromatic N) is 3. The van der Waals surface area contributed by atoms with Gasteiger partial charge >= 0.3 is 5.69 Å². The van der Waals surface area contributed by atoms with Gasteiger partial charge in [0, 0.05) is 18.3 Å². The summed E-state index contributed by atoms with van der Waals surface area (Å²) in [6.45, 7) is 0. The number of hydrogen-bond donors (Lipinski definition) is 1. The van der Waals surface area contributed by atoms with Crippen molar-refractivity contribution < 1.29 is 4.79 Å². The topological polar surface area (TPSA) is 70.5 Å². The number of fused-ring (bicyclic) bond motifs is 1. The molecule has 0 saturated heterocycles. The molecular weight excluding hydrogens is 244 g/mol. The Balaban J connectivity index is 1.73. The van der Waals surface area contributed by atoms with E-state index in [2.05, 4.69) is 10.2 Å². The lowest BCUT2D eigenvalue weighted by molar-refractivity contribution is 0.0729. The van der Waals surface area contributed by atoms with Gasteiger partial charge in [0.1, 0.15) is 0 Å². The van der Waals surface area contributed by atoms with Crippen molar-refractivity contribution in [1.82, 2.24) is 19.5 Å². The van der Waals surface area contributed by atoms with Crippen molar-refractivity contribution in [2.45, 2.75) is 37.8 Å². The maximum Gasteiger partial charge on any atom is 0.347 e. The normalized spacial score (nSPS) is 18.7. The SMILES string of the molecule is O=C(c1ccc2n[nH]c(=O)n2c1)N(C1CC1)C1CC1. The van der Waals surface area contributed by atoms with Crippen LogP contribution < -0.4 is 5.69 Å². The van der Waals surface area contributed by atoms with Gasteiger partial charge in [-0.2, -0.15) is 5.10 Å². The van der Waals surface area contributed by atoms with Gasteiger partial charge in [0.25, 0.3) is 5.91 Å². The van der Waals surface area contributed by atoms with Gasteiger partial charge in [0.2, 0.25) is 0 Å². The molecular formula is C13H14N4O2. The van der Waals surface area contributed by atoms with Gasteiger partial charge in [-0.25, -0.2) is 14.3 Å². The van der Waals surface area contributed by atoms with Crippen molar-refractivity contribution >= 4 is 11.6 Å². The Morgan fingerprint density at radius 1 is 1.26 bits per heavy atom. The van der Waals surface area contributed by atoms with Crippen molar-refractivity contribution in [3.8, 4) is 0 Å². The van der Waals surface area contributed by atoms with Gasteiger partial charge in [-0.05, 0) is 37.8 Å². The summed E-state index contributed by atoms with van der Waals surface area (Å²) in [5.41, 5.74) is 0.787. The largest absolute Gasteiger partial charge is 0.347 e. The van der Waals surface area contributed by atoms with Crippen molar-refractivity contribution in [1.29, 1.82) is 0 Å². The minimum Gasteiger partial charge on any atom is -0.333 e. The van der Waals surface area contributed by atoms with Gasteiger partial charge in [-0.15, -0.1) is 0 Å². The molecule has 2 heterocycles. The summed E-state index contributed by atoms with van der Waals surface area (Å²) in [5.74, 6) is 0.0417. The second-order valence-corrected chi connectivity index (χ2v) is 5.35. The molecule has 98 valence electrons. The fraction of sp³-hybridized carbons (Fsp3) is 0.462. The molecule has 2 aliphatic carbocycles. The van der Waals surface area contributed by atoms with E-state index in [1.807, 2.05) is 4.90 Å². The lowest BCUT2D eigenvalue weighted by atomic mass is 10.2. The number of rotatable bonds is 3. The lowest BCUT2D eigenvalue weighted by Crippen LogP contribution is -2.35. The third-order valence-electron chi connectivity index (χ3n) is 3.77. The molecule has 0 aliphatic heterocycles. The molecule has 0 unspecified atom stereocenters. The van der Waals surface area contributed by atoms with Crippen LogP contribution in [0.4, 0.5) is 0 Å². The number of carbonyl (C=O) groups is 1. The molecule has 4 rings (SSSR count). The predicted octanol–water partition coefficient (Wildman–Crippen LogP) is 0.790. The molecule has 6 nitrogen and oxygen atoms in total. The monoisotopic (exact) mass is 258 g/mol. The smallest absolute Gasteiger partial charge is 0.333 e. The molecule has 0 bridgehead atoms. The Hall–Kier alpha value is -2.11. The predicted molar refractivity (Wildman–Crippen MR) is 68.0 cm³/mol. The van der Waals surface area contributed by atoms with E-state index in [0.29, 0.717) is 23.3 Å². The number of pyridine rings is 1. The summed E-state index contributed by atoms with van der Waals surface area (Å²) >= 11 is 0. The van der Waals surface area contributed by atoms with Crippen molar-refractivity contribution in [3.05, 3.63) is 34.4 Å². The van der Waals surface area contributed by atoms with E-state index < -0.39 is 0 Å². The van der Waals surface area contributed by atoms with E-state index in [4.69, 9.17) is 0 Å². The van der Waals surface area contributed by atoms with Crippen LogP contribution in [0.3, 0.4) is 0 Å². The quantitative estimate of drug-likeness (QED) is 0.884. The second-order valence-electron chi connectivity index (χ2n) is 5.35. The van der Waals surface area contributed by atoms with Crippen LogP contribution in [0.15, 0.2) is 23.1 Å². The molecule has 6 heteroatoms. The lowest BCUT2D eigenvalue weighted by Gasteiger charge is -2.22. The molecule has 0 aromatic carbocycles. The Kier molecular flexibility index (Phi) is 2.09. The summed E-state index contributed by atoms with van der Waals surface area (Å²) < 4.78 is 1.38. The molecule has 2 aliphatic rings. The first kappa shape index (κ1) is 10.8. The van der Waals surface area contributed by atoms with Crippen LogP contribution in [0.25, 0.3) is 5.65 Å². The maximum atomic E-state index is 12.6. The van der Waals surface area contributed by atoms with Crippen LogP contribution in [0.1, 0.15) is 36.0 Å². The van der Waals surface area contributed by atoms with Crippen molar-refractivity contribution in [2.75, 3.05) is 0 Å². The van der Waals surface area contributed by atoms with Crippen LogP contribution in [0.2, 0.25) is 0 Å². The van der Waals surface area contributed by atoms with E-state index in [1.165, 1.54) is 4.40 Å². The van der Waals surface area contributed by atoms with Crippen LogP contribution >= 0.6 is 0 Å². The van der Waals surface area contributed by atoms with Crippen LogP contribution in [-0.4, -0.2) is 37.5 Å². The second kappa shape index (κ2) is 3.69. The van der Waals surface area contributed by atoms with E-state index in [9.17, 15) is 9.59 Å². The van der Waals surface area contributed by atoms with Crippen molar-refractivity contribution in [2.24, 2.45) is 0 Å². The van der Waals surface area contributed by atoms with Crippen LogP contribution in [0, 0.1) is 0 Å². The molecule has 0 radical (unpaired) electrons. The maximum absolute atomic E-state index is 12.6. The van der Waals surface area contributed by atoms with Gasteiger partial charge in [0.15, 0.2) is 5.65 Å². The third-order valence-corrected chi connectivity index (χ3v) is 3.77. The molecule has 2 aromatic heterocycles. The number of amides is 1. The molecule has 1 amide bonds. The van der Waals surface area contributed by atoms with Gasteiger partial charge < -0.3 is 4.90 Å². The van der Waals surface area contributed by atoms with Gasteiger partial charge in [0.05, 0.1) is 5.56 Å². The molecule has 2 saturated carbocycles. The zero-order chi connectivity index (χ0) is 13.0. The zero-order valence-electron chi connectivity index (χ0n) is 10.4. The number of aromatic nitrogens is 3. The molecule has 0 spiro atoms. The highest BCUT2D eigenvalue weighted by Crippen LogP contribution is 2.38. The number of aromatic amines is 1. The summed E-state index contributed by atoms with van der Waals surface area (Å²) in [6.07, 6.45) is 6.01. The zero-order valence-corrected chi connectivity index (χ0v) is 10.4. The van der Waals surface area contributed by atoms with Gasteiger partial charge in [-0.1, -0.05) is 0 Å². The third kappa shape index (κ3) is 1.75. The van der Waals surface area contributed by atoms with E-state index in [-0.39, 0.29) is 11.6 Å². The standard InChI is InChI=1S/C13H14N4O2/c18-12(17(9-2-3-9)10-4-5-10)8-1-6-11-14-15-13(19)16(11)7-8/h1,6-7,9-10H,2-5H2,(H,15,19). The summed E-state index contributed by atoms with van der Waals surface area (Å²) in [5, 5.41) is 6.23. The highest BCUT2D eigenvalue weighted by Gasteiger charge is 2.42. The Labute approximate surface area is 109 Å². The van der Waals surface area contributed by atoms with Crippen LogP contribution in [0.5, 0.6) is 0 Å². The molecule has 2 fully saturated rings. The first-order valence-corrected chi connectivity index (χ1v) is 6.63. The summed E-state index contributed by atoms with van der Waals surface area (Å²) in [6, 6.07) is 4.27. The Morgan fingerprint density at radius 2 is 1.95 bits per heavy atom. The fourth-order valence-electron chi connectivity index (χ4n) is 2.52. The van der Waals surface area contributed by atoms with Gasteiger partial charge in [-0.3, -0.25) is 4.79 Å². The highest BCUT2D eigenvalue weighted by molar-refractivity contribution is 5.95. The number of nitrogens with one attached hydrogen (secondary N) is 1. The number of H-pyrrole nitrogens is 1. The highest BCUT2D eigenvalue weighted by atomic mass is 16.2. The number of carbonyl (C=O) groups excluding carboxylic acids is 1. The first-order valence-electron chi connectivity index (χ1n) is 6.63. The molecule has 1 N–H and O–H groups in total. The fourth-order valence-corrected chi connectivity index (χ4v) is 2.52. The van der Waals surface area contributed by atoms with E-state index >= 15 is 0 Å². The average Bonchev–Trinajstić information content (AvgIpc) is 3.32. The van der Waals surface area contributed by atoms with E-state index in [0.717, 1.165) is 25.7 Å². The Bertz CT molecular complexity index is 697. The average molecular weight is 258 g/mol. The molecule has 2 aromatic rings. The minimum atomic E-state index is -0.311. The van der Waals surface area contributed by atoms with E-state index in [1.54, 1.807) is 18.3 Å². The summed E-state index contributed by atoms with van der Waals surface area (Å²) in [4.78, 5) is 26.1. The Morgan fingerprint density at radius 3 is 2.58 bits per heavy atom. The van der Waals surface area contributed by atoms with Crippen molar-refractivity contribution in [3.63, 3.8) is 0 Å². The number of hydrogen-bond acceptors (Lipinski definition) is 3. The first-order chi connectivity index (χ1) is 9.24. The molecule has 19 heavy (non-hydrogen) atoms. The summed E-state index contributed by atoms with van der Waals surface area (Å²) in [7, 11) is 0. The van der Waals surface area contributed by atoms with Crippen LogP contribution in [-0.2, 0) is 0 Å².